The number of methoxy groups -OCH3 is 1. The van der Waals surface area contributed by atoms with Crippen LogP contribution in [0.15, 0.2) is 66.7 Å². The van der Waals surface area contributed by atoms with E-state index in [0.717, 1.165) is 16.0 Å². The Morgan fingerprint density at radius 3 is 2.19 bits per heavy atom. The average Bonchev–Trinajstić information content (AvgIpc) is 3.15. The molecule has 3 aromatic carbocycles. The predicted octanol–water partition coefficient (Wildman–Crippen LogP) is 3.06. The third kappa shape index (κ3) is 4.85. The first-order valence-electron chi connectivity index (χ1n) is 11.0. The van der Waals surface area contributed by atoms with E-state index in [4.69, 9.17) is 4.74 Å². The van der Waals surface area contributed by atoms with Crippen LogP contribution in [-0.4, -0.2) is 43.4 Å². The lowest BCUT2D eigenvalue weighted by molar-refractivity contribution is -0.124. The van der Waals surface area contributed by atoms with Crippen molar-refractivity contribution >= 4 is 35.3 Å². The first-order chi connectivity index (χ1) is 17.3. The van der Waals surface area contributed by atoms with Gasteiger partial charge >= 0.3 is 11.9 Å². The summed E-state index contributed by atoms with van der Waals surface area (Å²) in [5.41, 5.74) is 2.70. The van der Waals surface area contributed by atoms with Crippen LogP contribution in [0.3, 0.4) is 0 Å². The van der Waals surface area contributed by atoms with Crippen LogP contribution in [-0.2, 0) is 20.8 Å². The van der Waals surface area contributed by atoms with Gasteiger partial charge in [0.1, 0.15) is 0 Å². The van der Waals surface area contributed by atoms with E-state index in [2.05, 4.69) is 10.1 Å². The molecule has 0 bridgehead atoms. The Bertz CT molecular complexity index is 1380. The zero-order valence-corrected chi connectivity index (χ0v) is 19.6. The number of ether oxygens (including phenoxy) is 2. The number of carbonyl (C=O) groups excluding carboxylic acids is 5. The van der Waals surface area contributed by atoms with Gasteiger partial charge in [-0.05, 0) is 54.4 Å². The van der Waals surface area contributed by atoms with Crippen LogP contribution in [0.25, 0.3) is 0 Å². The molecule has 3 aromatic rings. The highest BCUT2D eigenvalue weighted by atomic mass is 16.5. The average molecular weight is 486 g/mol. The Hall–Kier alpha value is -4.79. The summed E-state index contributed by atoms with van der Waals surface area (Å²) in [6.07, 6.45) is 0. The Morgan fingerprint density at radius 2 is 1.50 bits per heavy atom. The number of carbonyl (C=O) groups is 5. The second-order valence-electron chi connectivity index (χ2n) is 8.03. The quantitative estimate of drug-likeness (QED) is 0.403. The van der Waals surface area contributed by atoms with Crippen LogP contribution >= 0.6 is 0 Å². The van der Waals surface area contributed by atoms with Crippen molar-refractivity contribution in [3.05, 3.63) is 100 Å². The van der Waals surface area contributed by atoms with Crippen molar-refractivity contribution in [1.29, 1.82) is 0 Å². The summed E-state index contributed by atoms with van der Waals surface area (Å²) in [4.78, 5) is 62.9. The van der Waals surface area contributed by atoms with Crippen molar-refractivity contribution < 1.29 is 33.4 Å². The minimum atomic E-state index is -0.801. The van der Waals surface area contributed by atoms with Gasteiger partial charge in [-0.3, -0.25) is 14.4 Å². The number of benzene rings is 3. The highest BCUT2D eigenvalue weighted by Crippen LogP contribution is 2.31. The van der Waals surface area contributed by atoms with Gasteiger partial charge < -0.3 is 14.8 Å². The lowest BCUT2D eigenvalue weighted by Crippen LogP contribution is -2.30. The van der Waals surface area contributed by atoms with E-state index < -0.39 is 36.3 Å². The molecule has 1 N–H and O–H groups in total. The van der Waals surface area contributed by atoms with Gasteiger partial charge in [-0.2, -0.15) is 0 Å². The normalized spacial score (nSPS) is 12.2. The van der Waals surface area contributed by atoms with E-state index in [-0.39, 0.29) is 23.2 Å². The third-order valence-electron chi connectivity index (χ3n) is 5.68. The summed E-state index contributed by atoms with van der Waals surface area (Å²) in [5.74, 6) is -2.79. The molecule has 9 nitrogen and oxygen atoms in total. The summed E-state index contributed by atoms with van der Waals surface area (Å²) in [5, 5.41) is 2.61. The maximum Gasteiger partial charge on any atom is 0.338 e. The van der Waals surface area contributed by atoms with E-state index in [0.29, 0.717) is 11.3 Å². The minimum absolute atomic E-state index is 0.0488. The van der Waals surface area contributed by atoms with Crippen molar-refractivity contribution in [3.8, 4) is 0 Å². The molecule has 0 fully saturated rings. The van der Waals surface area contributed by atoms with Crippen molar-refractivity contribution in [3.63, 3.8) is 0 Å². The lowest BCUT2D eigenvalue weighted by Gasteiger charge is -2.16. The van der Waals surface area contributed by atoms with Gasteiger partial charge in [-0.25, -0.2) is 14.5 Å². The van der Waals surface area contributed by atoms with Crippen molar-refractivity contribution in [2.75, 3.05) is 18.6 Å². The van der Waals surface area contributed by atoms with Gasteiger partial charge in [0.15, 0.2) is 6.61 Å². The zero-order chi connectivity index (χ0) is 25.8. The molecule has 182 valence electrons. The van der Waals surface area contributed by atoms with Gasteiger partial charge in [0, 0.05) is 6.54 Å². The van der Waals surface area contributed by atoms with Crippen LogP contribution in [0.5, 0.6) is 0 Å². The number of para-hydroxylation sites is 1. The predicted molar refractivity (Wildman–Crippen MR) is 129 cm³/mol. The van der Waals surface area contributed by atoms with Gasteiger partial charge in [-0.1, -0.05) is 30.3 Å². The second kappa shape index (κ2) is 10.2. The topological polar surface area (TPSA) is 119 Å². The number of anilines is 1. The summed E-state index contributed by atoms with van der Waals surface area (Å²) < 4.78 is 9.71. The highest BCUT2D eigenvalue weighted by Gasteiger charge is 2.37. The molecular formula is C27H22N2O7. The molecule has 4 rings (SSSR count). The number of nitrogens with zero attached hydrogens (tertiary/aromatic N) is 1. The molecule has 0 radical (unpaired) electrons. The Kier molecular flexibility index (Phi) is 6.91. The van der Waals surface area contributed by atoms with Gasteiger partial charge in [0.25, 0.3) is 17.7 Å². The number of fused-ring (bicyclic) bond motifs is 1. The fourth-order valence-corrected chi connectivity index (χ4v) is 3.74. The van der Waals surface area contributed by atoms with Crippen LogP contribution in [0, 0.1) is 6.92 Å². The molecule has 1 aliphatic rings. The molecule has 0 saturated carbocycles. The molecule has 1 aliphatic heterocycles. The van der Waals surface area contributed by atoms with Crippen LogP contribution < -0.4 is 10.2 Å². The fourth-order valence-electron chi connectivity index (χ4n) is 3.74. The van der Waals surface area contributed by atoms with Crippen LogP contribution in [0.4, 0.5) is 5.69 Å². The zero-order valence-electron chi connectivity index (χ0n) is 19.6. The van der Waals surface area contributed by atoms with E-state index in [1.807, 2.05) is 6.07 Å². The number of imide groups is 1. The van der Waals surface area contributed by atoms with Gasteiger partial charge in [0.05, 0.1) is 35.1 Å². The highest BCUT2D eigenvalue weighted by molar-refractivity contribution is 6.34. The van der Waals surface area contributed by atoms with Crippen LogP contribution in [0.1, 0.15) is 52.6 Å². The number of amides is 3. The molecule has 0 aromatic heterocycles. The van der Waals surface area contributed by atoms with Gasteiger partial charge in [-0.15, -0.1) is 0 Å². The summed E-state index contributed by atoms with van der Waals surface area (Å²) in [7, 11) is 1.29. The van der Waals surface area contributed by atoms with E-state index in [9.17, 15) is 24.0 Å². The molecule has 0 aliphatic carbocycles. The molecule has 9 heteroatoms. The number of esters is 2. The number of hydrogen-bond donors (Lipinski definition) is 1. The Labute approximate surface area is 206 Å². The fraction of sp³-hybridized carbons (Fsp3) is 0.148. The molecule has 36 heavy (non-hydrogen) atoms. The maximum atomic E-state index is 13.0. The summed E-state index contributed by atoms with van der Waals surface area (Å²) >= 11 is 0. The number of nitrogens with one attached hydrogen (secondary N) is 1. The standard InChI is InChI=1S/C27H22N2O7/c1-16-5-3-4-6-22(16)29-24(31)20-12-11-19(13-21(20)25(29)32)27(34)36-15-23(30)28-14-17-7-9-18(10-8-17)26(33)35-2/h3-13H,14-15H2,1-2H3,(H,28,30). The molecule has 1 heterocycles. The molecule has 0 saturated heterocycles. The maximum absolute atomic E-state index is 13.0. The smallest absolute Gasteiger partial charge is 0.338 e. The first kappa shape index (κ1) is 24.3. The summed E-state index contributed by atoms with van der Waals surface area (Å²) in [6.45, 7) is 1.44. The van der Waals surface area contributed by atoms with Gasteiger partial charge in [0.2, 0.25) is 0 Å². The first-order valence-corrected chi connectivity index (χ1v) is 11.0. The van der Waals surface area contributed by atoms with E-state index in [1.165, 1.54) is 25.3 Å². The molecule has 0 spiro atoms. The monoisotopic (exact) mass is 486 g/mol. The second-order valence-corrected chi connectivity index (χ2v) is 8.03. The Morgan fingerprint density at radius 1 is 0.833 bits per heavy atom. The largest absolute Gasteiger partial charge is 0.465 e. The molecule has 0 unspecified atom stereocenters. The number of rotatable bonds is 7. The summed E-state index contributed by atoms with van der Waals surface area (Å²) in [6, 6.07) is 17.6. The SMILES string of the molecule is COC(=O)c1ccc(CNC(=O)COC(=O)c2ccc3c(c2)C(=O)N(c2ccccc2C)C3=O)cc1. The Balaban J connectivity index is 1.35. The lowest BCUT2D eigenvalue weighted by atomic mass is 10.1. The van der Waals surface area contributed by atoms with Crippen molar-refractivity contribution in [2.45, 2.75) is 13.5 Å². The van der Waals surface area contributed by atoms with Crippen molar-refractivity contribution in [1.82, 2.24) is 5.32 Å². The number of hydrogen-bond acceptors (Lipinski definition) is 7. The van der Waals surface area contributed by atoms with Crippen molar-refractivity contribution in [2.24, 2.45) is 0 Å². The third-order valence-corrected chi connectivity index (χ3v) is 5.68. The molecule has 0 atom stereocenters. The minimum Gasteiger partial charge on any atom is -0.465 e. The van der Waals surface area contributed by atoms with E-state index in [1.54, 1.807) is 49.4 Å². The molecular weight excluding hydrogens is 464 g/mol. The number of aryl methyl sites for hydroxylation is 1. The van der Waals surface area contributed by atoms with E-state index >= 15 is 0 Å². The van der Waals surface area contributed by atoms with Crippen LogP contribution in [0.2, 0.25) is 0 Å². The molecule has 3 amide bonds.